The van der Waals surface area contributed by atoms with Crippen LogP contribution in [0.5, 0.6) is 0 Å². The Morgan fingerprint density at radius 3 is 2.45 bits per heavy atom. The van der Waals surface area contributed by atoms with Crippen LogP contribution < -0.4 is 0 Å². The van der Waals surface area contributed by atoms with E-state index in [2.05, 4.69) is 4.74 Å². The van der Waals surface area contributed by atoms with Crippen LogP contribution in [0.25, 0.3) is 0 Å². The molecule has 20 heavy (non-hydrogen) atoms. The smallest absolute Gasteiger partial charge is 0.313 e. The summed E-state index contributed by atoms with van der Waals surface area (Å²) in [5.41, 5.74) is -0.979. The number of carbonyl (C=O) groups excluding carboxylic acids is 2. The van der Waals surface area contributed by atoms with Crippen LogP contribution in [0.15, 0.2) is 29.2 Å². The van der Waals surface area contributed by atoms with Crippen LogP contribution in [0.1, 0.15) is 24.2 Å². The van der Waals surface area contributed by atoms with Crippen molar-refractivity contribution in [1.29, 1.82) is 0 Å². The molecule has 0 radical (unpaired) electrons. The molecule has 1 aromatic rings. The summed E-state index contributed by atoms with van der Waals surface area (Å²) in [5, 5.41) is 0. The monoisotopic (exact) mass is 297 g/mol. The molecule has 0 unspecified atom stereocenters. The maximum Gasteiger partial charge on any atom is 0.313 e. The van der Waals surface area contributed by atoms with E-state index in [1.807, 2.05) is 0 Å². The highest BCUT2D eigenvalue weighted by atomic mass is 32.2. The van der Waals surface area contributed by atoms with Crippen molar-refractivity contribution in [3.63, 3.8) is 0 Å². The summed E-state index contributed by atoms with van der Waals surface area (Å²) in [6.07, 6.45) is 0. The Bertz CT molecular complexity index is 678. The van der Waals surface area contributed by atoms with Gasteiger partial charge in [0.25, 0.3) is 15.9 Å². The number of fused-ring (bicyclic) bond motifs is 1. The second kappa shape index (κ2) is 4.59. The SMILES string of the molecule is COC(=O)C(C)(C)CN1C(=O)c2ccccc2S1(=O)=O. The Morgan fingerprint density at radius 2 is 1.90 bits per heavy atom. The molecule has 6 nitrogen and oxygen atoms in total. The quantitative estimate of drug-likeness (QED) is 0.778. The van der Waals surface area contributed by atoms with Gasteiger partial charge in [-0.25, -0.2) is 12.7 Å². The predicted octanol–water partition coefficient (Wildman–Crippen LogP) is 1.03. The molecular formula is C13H15NO5S. The van der Waals surface area contributed by atoms with Gasteiger partial charge in [-0.2, -0.15) is 0 Å². The van der Waals surface area contributed by atoms with Gasteiger partial charge >= 0.3 is 5.97 Å². The summed E-state index contributed by atoms with van der Waals surface area (Å²) in [7, 11) is -2.67. The molecule has 0 saturated carbocycles. The molecule has 0 aliphatic carbocycles. The van der Waals surface area contributed by atoms with Gasteiger partial charge in [0.1, 0.15) is 4.90 Å². The van der Waals surface area contributed by atoms with E-state index >= 15 is 0 Å². The van der Waals surface area contributed by atoms with Crippen LogP contribution in [0.2, 0.25) is 0 Å². The lowest BCUT2D eigenvalue weighted by atomic mass is 9.93. The number of rotatable bonds is 3. The molecule has 0 bridgehead atoms. The Balaban J connectivity index is 2.42. The number of ether oxygens (including phenoxy) is 1. The maximum atomic E-state index is 12.3. The Labute approximate surface area is 117 Å². The molecule has 0 aromatic heterocycles. The number of carbonyl (C=O) groups is 2. The summed E-state index contributed by atoms with van der Waals surface area (Å²) in [6, 6.07) is 5.99. The van der Waals surface area contributed by atoms with Crippen molar-refractivity contribution >= 4 is 21.9 Å². The maximum absolute atomic E-state index is 12.3. The molecular weight excluding hydrogens is 282 g/mol. The highest BCUT2D eigenvalue weighted by Gasteiger charge is 2.45. The average Bonchev–Trinajstić information content (AvgIpc) is 2.59. The highest BCUT2D eigenvalue weighted by molar-refractivity contribution is 7.90. The topological polar surface area (TPSA) is 80.8 Å². The second-order valence-electron chi connectivity index (χ2n) is 5.19. The standard InChI is InChI=1S/C13H15NO5S/c1-13(2,12(16)19-3)8-14-11(15)9-6-4-5-7-10(9)20(14,17)18/h4-7H,8H2,1-3H3. The first kappa shape index (κ1) is 14.5. The third kappa shape index (κ3) is 2.07. The number of nitrogens with zero attached hydrogens (tertiary/aromatic N) is 1. The number of esters is 1. The minimum Gasteiger partial charge on any atom is -0.469 e. The van der Waals surface area contributed by atoms with Gasteiger partial charge in [-0.1, -0.05) is 12.1 Å². The van der Waals surface area contributed by atoms with Gasteiger partial charge in [0, 0.05) is 0 Å². The highest BCUT2D eigenvalue weighted by Crippen LogP contribution is 2.33. The first-order valence-corrected chi connectivity index (χ1v) is 7.40. The number of hydrogen-bond donors (Lipinski definition) is 0. The molecule has 0 fully saturated rings. The van der Waals surface area contributed by atoms with E-state index in [0.717, 1.165) is 4.31 Å². The van der Waals surface area contributed by atoms with Gasteiger partial charge in [0.2, 0.25) is 0 Å². The van der Waals surface area contributed by atoms with Crippen LogP contribution in [0.3, 0.4) is 0 Å². The molecule has 1 aliphatic rings. The van der Waals surface area contributed by atoms with E-state index in [-0.39, 0.29) is 17.0 Å². The van der Waals surface area contributed by atoms with Crippen molar-refractivity contribution in [3.8, 4) is 0 Å². The van der Waals surface area contributed by atoms with E-state index in [9.17, 15) is 18.0 Å². The van der Waals surface area contributed by atoms with Crippen molar-refractivity contribution in [3.05, 3.63) is 29.8 Å². The lowest BCUT2D eigenvalue weighted by Gasteiger charge is -2.26. The minimum atomic E-state index is -3.89. The van der Waals surface area contributed by atoms with E-state index in [1.54, 1.807) is 12.1 Å². The first-order valence-electron chi connectivity index (χ1n) is 5.96. The van der Waals surface area contributed by atoms with Crippen LogP contribution in [0.4, 0.5) is 0 Å². The third-order valence-corrected chi connectivity index (χ3v) is 4.98. The number of sulfonamides is 1. The largest absolute Gasteiger partial charge is 0.469 e. The molecule has 108 valence electrons. The molecule has 0 atom stereocenters. The molecule has 2 rings (SSSR count). The molecule has 0 spiro atoms. The van der Waals surface area contributed by atoms with Crippen molar-refractivity contribution in [2.24, 2.45) is 5.41 Å². The van der Waals surface area contributed by atoms with Gasteiger partial charge in [-0.05, 0) is 26.0 Å². The zero-order valence-corrected chi connectivity index (χ0v) is 12.2. The van der Waals surface area contributed by atoms with E-state index < -0.39 is 27.3 Å². The summed E-state index contributed by atoms with van der Waals surface area (Å²) in [5.74, 6) is -1.19. The van der Waals surface area contributed by atoms with Crippen molar-refractivity contribution in [2.45, 2.75) is 18.7 Å². The summed E-state index contributed by atoms with van der Waals surface area (Å²) in [6.45, 7) is 2.81. The Morgan fingerprint density at radius 1 is 1.30 bits per heavy atom. The lowest BCUT2D eigenvalue weighted by Crippen LogP contribution is -2.42. The minimum absolute atomic E-state index is 0.0225. The van der Waals surface area contributed by atoms with Crippen molar-refractivity contribution < 1.29 is 22.7 Å². The fourth-order valence-corrected chi connectivity index (χ4v) is 3.82. The molecule has 0 saturated heterocycles. The number of amides is 1. The Hall–Kier alpha value is -1.89. The van der Waals surface area contributed by atoms with Gasteiger partial charge in [0.05, 0.1) is 24.6 Å². The number of hydrogen-bond acceptors (Lipinski definition) is 5. The molecule has 1 amide bonds. The lowest BCUT2D eigenvalue weighted by molar-refractivity contribution is -0.150. The van der Waals surface area contributed by atoms with Gasteiger partial charge in [-0.3, -0.25) is 9.59 Å². The molecule has 1 aromatic carbocycles. The predicted molar refractivity (Wildman–Crippen MR) is 70.5 cm³/mol. The second-order valence-corrected chi connectivity index (χ2v) is 7.02. The normalized spacial score (nSPS) is 16.9. The van der Waals surface area contributed by atoms with Gasteiger partial charge in [-0.15, -0.1) is 0 Å². The zero-order chi connectivity index (χ0) is 15.1. The Kier molecular flexibility index (Phi) is 3.33. The van der Waals surface area contributed by atoms with Crippen LogP contribution in [-0.4, -0.2) is 38.3 Å². The third-order valence-electron chi connectivity index (χ3n) is 3.19. The summed E-state index contributed by atoms with van der Waals surface area (Å²) < 4.78 is 30.0. The van der Waals surface area contributed by atoms with E-state index in [4.69, 9.17) is 0 Å². The van der Waals surface area contributed by atoms with Gasteiger partial charge in [0.15, 0.2) is 0 Å². The number of methoxy groups -OCH3 is 1. The fraction of sp³-hybridized carbons (Fsp3) is 0.385. The average molecular weight is 297 g/mol. The van der Waals surface area contributed by atoms with Crippen molar-refractivity contribution in [1.82, 2.24) is 4.31 Å². The van der Waals surface area contributed by atoms with Crippen LogP contribution >= 0.6 is 0 Å². The number of benzene rings is 1. The van der Waals surface area contributed by atoms with Crippen LogP contribution in [0, 0.1) is 5.41 Å². The molecule has 1 heterocycles. The molecule has 7 heteroatoms. The molecule has 1 aliphatic heterocycles. The van der Waals surface area contributed by atoms with Crippen LogP contribution in [-0.2, 0) is 19.6 Å². The van der Waals surface area contributed by atoms with Gasteiger partial charge < -0.3 is 4.74 Å². The van der Waals surface area contributed by atoms with Crippen molar-refractivity contribution in [2.75, 3.05) is 13.7 Å². The van der Waals surface area contributed by atoms with E-state index in [1.165, 1.54) is 33.1 Å². The molecule has 0 N–H and O–H groups in total. The zero-order valence-electron chi connectivity index (χ0n) is 11.4. The first-order chi connectivity index (χ1) is 9.21. The summed E-state index contributed by atoms with van der Waals surface area (Å²) >= 11 is 0. The van der Waals surface area contributed by atoms with E-state index in [0.29, 0.717) is 0 Å². The fourth-order valence-electron chi connectivity index (χ4n) is 2.09. The summed E-state index contributed by atoms with van der Waals surface area (Å²) in [4.78, 5) is 23.8.